The molecule has 0 bridgehead atoms. The Hall–Kier alpha value is -2.74. The van der Waals surface area contributed by atoms with Crippen LogP contribution in [0.5, 0.6) is 0 Å². The first-order chi connectivity index (χ1) is 13.7. The molecule has 29 heavy (non-hydrogen) atoms. The number of ether oxygens (including phenoxy) is 1. The van der Waals surface area contributed by atoms with Crippen LogP contribution in [0, 0.1) is 6.92 Å². The zero-order valence-corrected chi connectivity index (χ0v) is 18.2. The molecule has 154 valence electrons. The number of pyridine rings is 1. The van der Waals surface area contributed by atoms with Crippen molar-refractivity contribution in [2.24, 2.45) is 0 Å². The number of nitrogens with zero attached hydrogens (tertiary/aromatic N) is 3. The fourth-order valence-electron chi connectivity index (χ4n) is 3.40. The quantitative estimate of drug-likeness (QED) is 0.553. The number of amides is 1. The van der Waals surface area contributed by atoms with Crippen molar-refractivity contribution in [3.05, 3.63) is 34.8 Å². The lowest BCUT2D eigenvalue weighted by Crippen LogP contribution is -2.47. The van der Waals surface area contributed by atoms with Crippen molar-refractivity contribution in [2.45, 2.75) is 59.7 Å². The third-order valence-corrected chi connectivity index (χ3v) is 5.50. The maximum absolute atomic E-state index is 13.0. The van der Waals surface area contributed by atoms with Gasteiger partial charge >= 0.3 is 5.97 Å². The summed E-state index contributed by atoms with van der Waals surface area (Å²) in [7, 11) is 0. The predicted octanol–water partition coefficient (Wildman–Crippen LogP) is 4.45. The summed E-state index contributed by atoms with van der Waals surface area (Å²) < 4.78 is 10.9. The van der Waals surface area contributed by atoms with Gasteiger partial charge in [0.1, 0.15) is 0 Å². The first kappa shape index (κ1) is 21.0. The number of rotatable bonds is 6. The number of aryl methyl sites for hydroxylation is 1. The molecule has 0 N–H and O–H groups in total. The lowest BCUT2D eigenvalue weighted by molar-refractivity contribution is -0.143. The van der Waals surface area contributed by atoms with E-state index in [1.165, 1.54) is 11.3 Å². The van der Waals surface area contributed by atoms with Crippen LogP contribution in [-0.4, -0.2) is 45.1 Å². The van der Waals surface area contributed by atoms with Crippen LogP contribution in [-0.2, 0) is 9.53 Å². The van der Waals surface area contributed by atoms with Gasteiger partial charge in [0.05, 0.1) is 27.2 Å². The Bertz CT molecular complexity index is 1020. The summed E-state index contributed by atoms with van der Waals surface area (Å²) in [4.78, 5) is 32.9. The second kappa shape index (κ2) is 8.32. The minimum Gasteiger partial charge on any atom is -0.449 e. The fourth-order valence-corrected chi connectivity index (χ4v) is 4.08. The third-order valence-electron chi connectivity index (χ3n) is 4.61. The summed E-state index contributed by atoms with van der Waals surface area (Å²) in [6.45, 7) is 11.1. The summed E-state index contributed by atoms with van der Waals surface area (Å²) >= 11 is 1.50. The Balaban J connectivity index is 1.94. The molecule has 3 aromatic heterocycles. The number of carbonyl (C=O) groups excluding carboxylic acids is 2. The van der Waals surface area contributed by atoms with Crippen molar-refractivity contribution in [1.29, 1.82) is 0 Å². The molecule has 1 atom stereocenters. The van der Waals surface area contributed by atoms with E-state index in [0.717, 1.165) is 4.88 Å². The third kappa shape index (κ3) is 4.17. The lowest BCUT2D eigenvalue weighted by atomic mass is 10.1. The van der Waals surface area contributed by atoms with Gasteiger partial charge in [0, 0.05) is 12.1 Å². The van der Waals surface area contributed by atoms with Crippen LogP contribution in [0.25, 0.3) is 21.7 Å². The molecular weight excluding hydrogens is 390 g/mol. The normalized spacial score (nSPS) is 12.6. The van der Waals surface area contributed by atoms with Crippen LogP contribution in [0.15, 0.2) is 28.1 Å². The molecule has 0 aliphatic rings. The van der Waals surface area contributed by atoms with E-state index in [9.17, 15) is 9.59 Å². The van der Waals surface area contributed by atoms with Crippen LogP contribution < -0.4 is 0 Å². The van der Waals surface area contributed by atoms with Gasteiger partial charge in [-0.15, -0.1) is 11.3 Å². The summed E-state index contributed by atoms with van der Waals surface area (Å²) in [5.41, 5.74) is 1.70. The Morgan fingerprint density at radius 3 is 2.45 bits per heavy atom. The maximum atomic E-state index is 13.0. The molecule has 3 aromatic rings. The molecule has 0 spiro atoms. The minimum absolute atomic E-state index is 0.00188. The number of thiophene rings is 1. The lowest BCUT2D eigenvalue weighted by Gasteiger charge is -2.32. The number of aromatic nitrogens is 2. The highest BCUT2D eigenvalue weighted by Gasteiger charge is 2.29. The van der Waals surface area contributed by atoms with E-state index < -0.39 is 12.1 Å². The molecule has 0 radical (unpaired) electrons. The Morgan fingerprint density at radius 1 is 1.17 bits per heavy atom. The molecule has 3 heterocycles. The number of carbonyl (C=O) groups is 2. The molecule has 0 saturated carbocycles. The van der Waals surface area contributed by atoms with Gasteiger partial charge in [-0.05, 0) is 59.1 Å². The highest BCUT2D eigenvalue weighted by Crippen LogP contribution is 2.30. The predicted molar refractivity (Wildman–Crippen MR) is 112 cm³/mol. The highest BCUT2D eigenvalue weighted by molar-refractivity contribution is 7.13. The van der Waals surface area contributed by atoms with Crippen LogP contribution in [0.4, 0.5) is 0 Å². The van der Waals surface area contributed by atoms with Gasteiger partial charge in [-0.25, -0.2) is 9.78 Å². The van der Waals surface area contributed by atoms with E-state index in [2.05, 4.69) is 10.1 Å². The van der Waals surface area contributed by atoms with Crippen LogP contribution in [0.3, 0.4) is 0 Å². The molecule has 8 heteroatoms. The summed E-state index contributed by atoms with van der Waals surface area (Å²) in [5.74, 6) is -0.830. The number of hydrogen-bond acceptors (Lipinski definition) is 7. The fraction of sp³-hybridized carbons (Fsp3) is 0.429. The van der Waals surface area contributed by atoms with Crippen molar-refractivity contribution in [1.82, 2.24) is 15.0 Å². The molecule has 0 fully saturated rings. The molecule has 3 rings (SSSR count). The smallest absolute Gasteiger partial charge is 0.339 e. The topological polar surface area (TPSA) is 85.5 Å². The van der Waals surface area contributed by atoms with Gasteiger partial charge in [-0.3, -0.25) is 4.79 Å². The minimum atomic E-state index is -0.916. The van der Waals surface area contributed by atoms with Crippen molar-refractivity contribution < 1.29 is 18.8 Å². The molecule has 1 unspecified atom stereocenters. The highest BCUT2D eigenvalue weighted by atomic mass is 32.1. The zero-order chi connectivity index (χ0) is 21.3. The number of esters is 1. The first-order valence-corrected chi connectivity index (χ1v) is 10.4. The van der Waals surface area contributed by atoms with Crippen LogP contribution in [0.2, 0.25) is 0 Å². The molecule has 7 nitrogen and oxygen atoms in total. The van der Waals surface area contributed by atoms with Crippen molar-refractivity contribution in [3.63, 3.8) is 0 Å². The molecule has 0 aliphatic carbocycles. The van der Waals surface area contributed by atoms with E-state index >= 15 is 0 Å². The van der Waals surface area contributed by atoms with Crippen LogP contribution >= 0.6 is 11.3 Å². The summed E-state index contributed by atoms with van der Waals surface area (Å²) in [5, 5.41) is 6.36. The largest absolute Gasteiger partial charge is 0.449 e. The first-order valence-electron chi connectivity index (χ1n) is 9.54. The SMILES string of the molecule is Cc1noc2nc(-c3cccs3)cc(C(=O)OC(C)C(=O)N(C(C)C)C(C)C)c12. The van der Waals surface area contributed by atoms with Crippen molar-refractivity contribution >= 4 is 34.3 Å². The molecule has 0 aromatic carbocycles. The molecule has 0 aliphatic heterocycles. The van der Waals surface area contributed by atoms with E-state index in [-0.39, 0.29) is 29.3 Å². The maximum Gasteiger partial charge on any atom is 0.339 e. The molecular formula is C21H25N3O4S. The molecule has 1 amide bonds. The monoisotopic (exact) mass is 415 g/mol. The van der Waals surface area contributed by atoms with Gasteiger partial charge in [0.15, 0.2) is 6.10 Å². The van der Waals surface area contributed by atoms with Gasteiger partial charge in [-0.2, -0.15) is 0 Å². The summed E-state index contributed by atoms with van der Waals surface area (Å²) in [6, 6.07) is 5.49. The Labute approximate surface area is 173 Å². The van der Waals surface area contributed by atoms with Crippen molar-refractivity contribution in [2.75, 3.05) is 0 Å². The zero-order valence-electron chi connectivity index (χ0n) is 17.4. The van der Waals surface area contributed by atoms with E-state index in [0.29, 0.717) is 16.8 Å². The van der Waals surface area contributed by atoms with Gasteiger partial charge in [0.2, 0.25) is 0 Å². The van der Waals surface area contributed by atoms with Crippen LogP contribution in [0.1, 0.15) is 50.7 Å². The summed E-state index contributed by atoms with van der Waals surface area (Å²) in [6.07, 6.45) is -0.916. The van der Waals surface area contributed by atoms with E-state index in [4.69, 9.17) is 9.26 Å². The number of fused-ring (bicyclic) bond motifs is 1. The number of hydrogen-bond donors (Lipinski definition) is 0. The second-order valence-corrected chi connectivity index (χ2v) is 8.41. The van der Waals surface area contributed by atoms with E-state index in [1.54, 1.807) is 24.8 Å². The Morgan fingerprint density at radius 2 is 1.86 bits per heavy atom. The average molecular weight is 416 g/mol. The second-order valence-electron chi connectivity index (χ2n) is 7.46. The average Bonchev–Trinajstić information content (AvgIpc) is 3.30. The van der Waals surface area contributed by atoms with Gasteiger partial charge in [-0.1, -0.05) is 11.2 Å². The van der Waals surface area contributed by atoms with Gasteiger partial charge < -0.3 is 14.2 Å². The van der Waals surface area contributed by atoms with Crippen molar-refractivity contribution in [3.8, 4) is 10.6 Å². The van der Waals surface area contributed by atoms with E-state index in [1.807, 2.05) is 45.2 Å². The van der Waals surface area contributed by atoms with Gasteiger partial charge in [0.25, 0.3) is 11.6 Å². The molecule has 0 saturated heterocycles. The standard InChI is InChI=1S/C21H25N3O4S/c1-11(2)24(12(3)4)20(25)14(6)27-21(26)15-10-16(17-8-7-9-29-17)22-19-18(15)13(5)23-28-19/h7-12,14H,1-6H3. The Kier molecular flexibility index (Phi) is 6.02.